The van der Waals surface area contributed by atoms with Crippen molar-refractivity contribution in [1.82, 2.24) is 4.90 Å². The summed E-state index contributed by atoms with van der Waals surface area (Å²) >= 11 is 7.76. The number of rotatable bonds is 4. The Hall–Kier alpha value is -0.710. The first kappa shape index (κ1) is 15.7. The van der Waals surface area contributed by atoms with Crippen molar-refractivity contribution in [2.24, 2.45) is 5.73 Å². The second kappa shape index (κ2) is 7.34. The molecule has 1 heterocycles. The molecule has 0 aromatic heterocycles. The summed E-state index contributed by atoms with van der Waals surface area (Å²) in [5.41, 5.74) is 5.81. The normalized spacial score (nSPS) is 18.1. The van der Waals surface area contributed by atoms with Crippen molar-refractivity contribution in [3.8, 4) is 0 Å². The zero-order valence-electron chi connectivity index (χ0n) is 11.7. The Kier molecular flexibility index (Phi) is 5.75. The van der Waals surface area contributed by atoms with E-state index in [1.54, 1.807) is 0 Å². The fourth-order valence-electron chi connectivity index (χ4n) is 2.31. The van der Waals surface area contributed by atoms with Gasteiger partial charge in [0.1, 0.15) is 0 Å². The van der Waals surface area contributed by atoms with E-state index in [2.05, 4.69) is 12.1 Å². The van der Waals surface area contributed by atoms with Crippen LogP contribution in [0.5, 0.6) is 0 Å². The van der Waals surface area contributed by atoms with Crippen LogP contribution in [0, 0.1) is 0 Å². The van der Waals surface area contributed by atoms with Crippen LogP contribution in [0.1, 0.15) is 26.2 Å². The summed E-state index contributed by atoms with van der Waals surface area (Å²) in [6.07, 6.45) is 2.75. The number of carbonyl (C=O) groups is 1. The SMILES string of the molecule is CCC(N)C(=O)N1CCC(Sc2ccc(Cl)cc2)CC1. The van der Waals surface area contributed by atoms with E-state index in [0.717, 1.165) is 31.0 Å². The minimum Gasteiger partial charge on any atom is -0.341 e. The average Bonchev–Trinajstić information content (AvgIpc) is 2.49. The fraction of sp³-hybridized carbons (Fsp3) is 0.533. The summed E-state index contributed by atoms with van der Waals surface area (Å²) in [6.45, 7) is 3.58. The third-order valence-corrected chi connectivity index (χ3v) is 5.23. The van der Waals surface area contributed by atoms with Crippen LogP contribution in [0.3, 0.4) is 0 Å². The predicted octanol–water partition coefficient (Wildman–Crippen LogP) is 3.16. The number of halogens is 1. The van der Waals surface area contributed by atoms with Crippen LogP contribution in [0.15, 0.2) is 29.2 Å². The van der Waals surface area contributed by atoms with Gasteiger partial charge in [0.25, 0.3) is 0 Å². The minimum atomic E-state index is -0.338. The van der Waals surface area contributed by atoms with E-state index >= 15 is 0 Å². The van der Waals surface area contributed by atoms with E-state index in [-0.39, 0.29) is 11.9 Å². The van der Waals surface area contributed by atoms with Crippen molar-refractivity contribution < 1.29 is 4.79 Å². The Labute approximate surface area is 129 Å². The monoisotopic (exact) mass is 312 g/mol. The highest BCUT2D eigenvalue weighted by molar-refractivity contribution is 8.00. The van der Waals surface area contributed by atoms with E-state index in [0.29, 0.717) is 11.7 Å². The van der Waals surface area contributed by atoms with Gasteiger partial charge in [0.05, 0.1) is 6.04 Å². The molecular weight excluding hydrogens is 292 g/mol. The lowest BCUT2D eigenvalue weighted by molar-refractivity contribution is -0.133. The molecule has 1 aliphatic rings. The first-order valence-electron chi connectivity index (χ1n) is 7.06. The Bertz CT molecular complexity index is 444. The van der Waals surface area contributed by atoms with E-state index < -0.39 is 0 Å². The Morgan fingerprint density at radius 2 is 2.00 bits per heavy atom. The third kappa shape index (κ3) is 4.14. The van der Waals surface area contributed by atoms with Crippen LogP contribution in [-0.2, 0) is 4.79 Å². The molecule has 1 fully saturated rings. The zero-order chi connectivity index (χ0) is 14.5. The third-order valence-electron chi connectivity index (χ3n) is 3.63. The van der Waals surface area contributed by atoms with Gasteiger partial charge < -0.3 is 10.6 Å². The minimum absolute atomic E-state index is 0.0995. The first-order valence-corrected chi connectivity index (χ1v) is 8.32. The summed E-state index contributed by atoms with van der Waals surface area (Å²) < 4.78 is 0. The number of likely N-dealkylation sites (tertiary alicyclic amines) is 1. The number of thioether (sulfide) groups is 1. The van der Waals surface area contributed by atoms with Gasteiger partial charge in [-0.25, -0.2) is 0 Å². The molecule has 110 valence electrons. The summed E-state index contributed by atoms with van der Waals surface area (Å²) in [4.78, 5) is 15.2. The number of hydrogen-bond donors (Lipinski definition) is 1. The standard InChI is InChI=1S/C15H21ClN2OS/c1-2-14(17)15(19)18-9-7-13(8-10-18)20-12-5-3-11(16)4-6-12/h3-6,13-14H,2,7-10,17H2,1H3. The van der Waals surface area contributed by atoms with E-state index in [1.165, 1.54) is 4.90 Å². The quantitative estimate of drug-likeness (QED) is 0.929. The molecule has 1 saturated heterocycles. The number of piperidine rings is 1. The Morgan fingerprint density at radius 1 is 1.40 bits per heavy atom. The van der Waals surface area contributed by atoms with Crippen molar-refractivity contribution in [3.05, 3.63) is 29.3 Å². The molecule has 1 unspecified atom stereocenters. The maximum Gasteiger partial charge on any atom is 0.239 e. The maximum absolute atomic E-state index is 12.0. The van der Waals surface area contributed by atoms with Gasteiger partial charge in [0.15, 0.2) is 0 Å². The van der Waals surface area contributed by atoms with Crippen LogP contribution >= 0.6 is 23.4 Å². The molecule has 0 bridgehead atoms. The average molecular weight is 313 g/mol. The smallest absolute Gasteiger partial charge is 0.239 e. The lowest BCUT2D eigenvalue weighted by Gasteiger charge is -2.33. The molecule has 0 radical (unpaired) electrons. The van der Waals surface area contributed by atoms with Gasteiger partial charge in [-0.2, -0.15) is 0 Å². The van der Waals surface area contributed by atoms with Crippen molar-refractivity contribution >= 4 is 29.3 Å². The topological polar surface area (TPSA) is 46.3 Å². The number of nitrogens with zero attached hydrogens (tertiary/aromatic N) is 1. The van der Waals surface area contributed by atoms with Crippen LogP contribution in [-0.4, -0.2) is 35.2 Å². The molecule has 1 aromatic carbocycles. The van der Waals surface area contributed by atoms with Crippen LogP contribution in [0.25, 0.3) is 0 Å². The molecule has 0 spiro atoms. The van der Waals surface area contributed by atoms with Gasteiger partial charge in [0, 0.05) is 28.3 Å². The summed E-state index contributed by atoms with van der Waals surface area (Å²) in [5.74, 6) is 0.0995. The molecule has 1 aliphatic heterocycles. The predicted molar refractivity (Wildman–Crippen MR) is 85.2 cm³/mol. The summed E-state index contributed by atoms with van der Waals surface area (Å²) in [5, 5.41) is 1.33. The van der Waals surface area contributed by atoms with E-state index in [1.807, 2.05) is 35.7 Å². The Morgan fingerprint density at radius 3 is 2.55 bits per heavy atom. The molecular formula is C15H21ClN2OS. The molecule has 2 N–H and O–H groups in total. The largest absolute Gasteiger partial charge is 0.341 e. The highest BCUT2D eigenvalue weighted by Gasteiger charge is 2.25. The number of carbonyl (C=O) groups excluding carboxylic acids is 1. The summed E-state index contributed by atoms with van der Waals surface area (Å²) in [7, 11) is 0. The van der Waals surface area contributed by atoms with Crippen molar-refractivity contribution in [1.29, 1.82) is 0 Å². The van der Waals surface area contributed by atoms with E-state index in [4.69, 9.17) is 17.3 Å². The van der Waals surface area contributed by atoms with Gasteiger partial charge >= 0.3 is 0 Å². The second-order valence-electron chi connectivity index (χ2n) is 5.11. The number of benzene rings is 1. The lowest BCUT2D eigenvalue weighted by atomic mass is 10.1. The lowest BCUT2D eigenvalue weighted by Crippen LogP contribution is -2.47. The van der Waals surface area contributed by atoms with Gasteiger partial charge in [-0.3, -0.25) is 4.79 Å². The van der Waals surface area contributed by atoms with Gasteiger partial charge in [0.2, 0.25) is 5.91 Å². The number of amides is 1. The van der Waals surface area contributed by atoms with Gasteiger partial charge in [-0.1, -0.05) is 18.5 Å². The first-order chi connectivity index (χ1) is 9.60. The van der Waals surface area contributed by atoms with Crippen molar-refractivity contribution in [3.63, 3.8) is 0 Å². The summed E-state index contributed by atoms with van der Waals surface area (Å²) in [6, 6.07) is 7.61. The zero-order valence-corrected chi connectivity index (χ0v) is 13.3. The molecule has 20 heavy (non-hydrogen) atoms. The maximum atomic E-state index is 12.0. The molecule has 1 amide bonds. The second-order valence-corrected chi connectivity index (χ2v) is 6.92. The van der Waals surface area contributed by atoms with Crippen LogP contribution < -0.4 is 5.73 Å². The van der Waals surface area contributed by atoms with Crippen molar-refractivity contribution in [2.45, 2.75) is 42.4 Å². The molecule has 3 nitrogen and oxygen atoms in total. The molecule has 0 aliphatic carbocycles. The van der Waals surface area contributed by atoms with Crippen LogP contribution in [0.4, 0.5) is 0 Å². The highest BCUT2D eigenvalue weighted by Crippen LogP contribution is 2.31. The van der Waals surface area contributed by atoms with Gasteiger partial charge in [-0.15, -0.1) is 11.8 Å². The molecule has 1 atom stereocenters. The number of hydrogen-bond acceptors (Lipinski definition) is 3. The fourth-order valence-corrected chi connectivity index (χ4v) is 3.56. The number of nitrogens with two attached hydrogens (primary N) is 1. The molecule has 0 saturated carbocycles. The van der Waals surface area contributed by atoms with Crippen molar-refractivity contribution in [2.75, 3.05) is 13.1 Å². The highest BCUT2D eigenvalue weighted by atomic mass is 35.5. The van der Waals surface area contributed by atoms with Gasteiger partial charge in [-0.05, 0) is 43.5 Å². The Balaban J connectivity index is 1.82. The molecule has 1 aromatic rings. The molecule has 2 rings (SSSR count). The molecule has 5 heteroatoms. The van der Waals surface area contributed by atoms with E-state index in [9.17, 15) is 4.79 Å². The van der Waals surface area contributed by atoms with Crippen LogP contribution in [0.2, 0.25) is 5.02 Å².